The molecule has 1 aliphatic rings. The van der Waals surface area contributed by atoms with Crippen molar-refractivity contribution in [3.63, 3.8) is 0 Å². The van der Waals surface area contributed by atoms with Crippen molar-refractivity contribution in [3.05, 3.63) is 30.1 Å². The Labute approximate surface area is 93.5 Å². The second kappa shape index (κ2) is 5.32. The van der Waals surface area contributed by atoms with Gasteiger partial charge in [-0.05, 0) is 17.7 Å². The number of hydrogen-bond donors (Lipinski definition) is 1. The van der Waals surface area contributed by atoms with E-state index in [1.165, 1.54) is 0 Å². The minimum atomic E-state index is -2.36. The summed E-state index contributed by atoms with van der Waals surface area (Å²) in [4.78, 5) is 5.69. The number of hydrogen-bond acceptors (Lipinski definition) is 3. The van der Waals surface area contributed by atoms with Gasteiger partial charge in [0.05, 0.1) is 6.04 Å². The minimum Gasteiger partial charge on any atom is -0.314 e. The van der Waals surface area contributed by atoms with Crippen molar-refractivity contribution in [2.24, 2.45) is 0 Å². The number of halogens is 2. The molecule has 88 valence electrons. The van der Waals surface area contributed by atoms with E-state index in [4.69, 9.17) is 0 Å². The van der Waals surface area contributed by atoms with E-state index in [0.29, 0.717) is 18.7 Å². The van der Waals surface area contributed by atoms with Crippen molar-refractivity contribution in [1.29, 1.82) is 0 Å². The average Bonchev–Trinajstić information content (AvgIpc) is 2.31. The molecule has 1 fully saturated rings. The zero-order chi connectivity index (χ0) is 11.4. The van der Waals surface area contributed by atoms with Crippen molar-refractivity contribution in [3.8, 4) is 0 Å². The Kier molecular flexibility index (Phi) is 3.79. The lowest BCUT2D eigenvalue weighted by molar-refractivity contribution is 0.0181. The highest BCUT2D eigenvalue weighted by molar-refractivity contribution is 5.16. The third-order valence-corrected chi connectivity index (χ3v) is 2.83. The van der Waals surface area contributed by atoms with Gasteiger partial charge in [0.2, 0.25) is 0 Å². The van der Waals surface area contributed by atoms with Crippen LogP contribution in [0.3, 0.4) is 0 Å². The molecule has 1 atom stereocenters. The molecular weight excluding hydrogens is 212 g/mol. The van der Waals surface area contributed by atoms with E-state index >= 15 is 0 Å². The van der Waals surface area contributed by atoms with Crippen LogP contribution in [0.2, 0.25) is 0 Å². The molecule has 3 nitrogen and oxygen atoms in total. The Morgan fingerprint density at radius 3 is 2.38 bits per heavy atom. The van der Waals surface area contributed by atoms with Gasteiger partial charge in [-0.15, -0.1) is 0 Å². The van der Waals surface area contributed by atoms with Gasteiger partial charge >= 0.3 is 0 Å². The number of nitrogens with zero attached hydrogens (tertiary/aromatic N) is 2. The van der Waals surface area contributed by atoms with Crippen LogP contribution in [0.1, 0.15) is 11.6 Å². The Morgan fingerprint density at radius 2 is 1.81 bits per heavy atom. The summed E-state index contributed by atoms with van der Waals surface area (Å²) < 4.78 is 26.2. The van der Waals surface area contributed by atoms with Crippen LogP contribution in [0.4, 0.5) is 8.78 Å². The summed E-state index contributed by atoms with van der Waals surface area (Å²) >= 11 is 0. The Hall–Kier alpha value is -1.07. The molecule has 5 heteroatoms. The first-order valence-electron chi connectivity index (χ1n) is 5.42. The minimum absolute atomic E-state index is 0.645. The third kappa shape index (κ3) is 2.54. The quantitative estimate of drug-likeness (QED) is 0.843. The molecule has 0 amide bonds. The van der Waals surface area contributed by atoms with Gasteiger partial charge in [-0.25, -0.2) is 8.78 Å². The van der Waals surface area contributed by atoms with Crippen LogP contribution in [0.5, 0.6) is 0 Å². The van der Waals surface area contributed by atoms with E-state index < -0.39 is 12.5 Å². The Bertz CT molecular complexity index is 312. The van der Waals surface area contributed by atoms with Crippen molar-refractivity contribution >= 4 is 0 Å². The molecule has 1 aliphatic heterocycles. The van der Waals surface area contributed by atoms with Gasteiger partial charge in [-0.2, -0.15) is 0 Å². The van der Waals surface area contributed by atoms with Crippen LogP contribution in [0, 0.1) is 0 Å². The SMILES string of the molecule is FC(F)[C@@H](c1ccncc1)N1CCNCC1. The first-order valence-corrected chi connectivity index (χ1v) is 5.42. The molecule has 0 aliphatic carbocycles. The van der Waals surface area contributed by atoms with E-state index in [9.17, 15) is 8.78 Å². The molecule has 2 rings (SSSR count). The van der Waals surface area contributed by atoms with Crippen LogP contribution < -0.4 is 5.32 Å². The second-order valence-corrected chi connectivity index (χ2v) is 3.85. The lowest BCUT2D eigenvalue weighted by Gasteiger charge is -2.34. The number of aromatic nitrogens is 1. The fourth-order valence-electron chi connectivity index (χ4n) is 2.04. The van der Waals surface area contributed by atoms with Crippen molar-refractivity contribution < 1.29 is 8.78 Å². The van der Waals surface area contributed by atoms with Crippen molar-refractivity contribution in [2.45, 2.75) is 12.5 Å². The monoisotopic (exact) mass is 227 g/mol. The molecule has 0 unspecified atom stereocenters. The highest BCUT2D eigenvalue weighted by Gasteiger charge is 2.29. The molecule has 0 bridgehead atoms. The summed E-state index contributed by atoms with van der Waals surface area (Å²) in [6.07, 6.45) is 0.764. The Balaban J connectivity index is 2.16. The van der Waals surface area contributed by atoms with E-state index in [1.54, 1.807) is 24.5 Å². The van der Waals surface area contributed by atoms with Crippen molar-refractivity contribution in [1.82, 2.24) is 15.2 Å². The number of alkyl halides is 2. The van der Waals surface area contributed by atoms with Crippen LogP contribution in [0.15, 0.2) is 24.5 Å². The van der Waals surface area contributed by atoms with E-state index in [0.717, 1.165) is 13.1 Å². The number of nitrogens with one attached hydrogen (secondary N) is 1. The smallest absolute Gasteiger partial charge is 0.258 e. The van der Waals surface area contributed by atoms with Crippen molar-refractivity contribution in [2.75, 3.05) is 26.2 Å². The first-order chi connectivity index (χ1) is 7.79. The molecule has 1 saturated heterocycles. The van der Waals surface area contributed by atoms with Crippen LogP contribution in [-0.2, 0) is 0 Å². The maximum Gasteiger partial charge on any atom is 0.258 e. The molecule has 1 aromatic heterocycles. The molecule has 0 radical (unpaired) electrons. The van der Waals surface area contributed by atoms with Crippen LogP contribution in [-0.4, -0.2) is 42.5 Å². The standard InChI is InChI=1S/C11H15F2N3/c12-11(13)10(9-1-3-14-4-2-9)16-7-5-15-6-8-16/h1-4,10-11,15H,5-8H2/t10-/m1/s1. The summed E-state index contributed by atoms with van der Waals surface area (Å²) in [6.45, 7) is 2.87. The average molecular weight is 227 g/mol. The van der Waals surface area contributed by atoms with Crippen LogP contribution >= 0.6 is 0 Å². The second-order valence-electron chi connectivity index (χ2n) is 3.85. The van der Waals surface area contributed by atoms with Gasteiger partial charge < -0.3 is 5.32 Å². The maximum absolute atomic E-state index is 13.1. The number of piperazine rings is 1. The maximum atomic E-state index is 13.1. The Morgan fingerprint density at radius 1 is 1.19 bits per heavy atom. The highest BCUT2D eigenvalue weighted by atomic mass is 19.3. The van der Waals surface area contributed by atoms with Gasteiger partial charge in [0.1, 0.15) is 0 Å². The first kappa shape index (κ1) is 11.4. The normalized spacial score (nSPS) is 19.9. The lowest BCUT2D eigenvalue weighted by Crippen LogP contribution is -2.46. The molecule has 0 saturated carbocycles. The topological polar surface area (TPSA) is 28.2 Å². The van der Waals surface area contributed by atoms with Gasteiger partial charge in [0.25, 0.3) is 6.43 Å². The molecule has 1 N–H and O–H groups in total. The van der Waals surface area contributed by atoms with Gasteiger partial charge in [0, 0.05) is 38.6 Å². The van der Waals surface area contributed by atoms with E-state index in [-0.39, 0.29) is 0 Å². The molecular formula is C11H15F2N3. The molecule has 0 spiro atoms. The van der Waals surface area contributed by atoms with E-state index in [1.807, 2.05) is 4.90 Å². The third-order valence-electron chi connectivity index (χ3n) is 2.83. The highest BCUT2D eigenvalue weighted by Crippen LogP contribution is 2.27. The number of rotatable bonds is 3. The van der Waals surface area contributed by atoms with E-state index in [2.05, 4.69) is 10.3 Å². The summed E-state index contributed by atoms with van der Waals surface area (Å²) in [5.41, 5.74) is 0.645. The van der Waals surface area contributed by atoms with Gasteiger partial charge in [-0.3, -0.25) is 9.88 Å². The molecule has 0 aromatic carbocycles. The van der Waals surface area contributed by atoms with Gasteiger partial charge in [0.15, 0.2) is 0 Å². The molecule has 16 heavy (non-hydrogen) atoms. The zero-order valence-corrected chi connectivity index (χ0v) is 8.94. The predicted molar refractivity (Wildman–Crippen MR) is 57.4 cm³/mol. The lowest BCUT2D eigenvalue weighted by atomic mass is 10.1. The zero-order valence-electron chi connectivity index (χ0n) is 8.94. The van der Waals surface area contributed by atoms with Gasteiger partial charge in [-0.1, -0.05) is 0 Å². The fourth-order valence-corrected chi connectivity index (χ4v) is 2.04. The molecule has 1 aromatic rings. The number of pyridine rings is 1. The summed E-state index contributed by atoms with van der Waals surface area (Å²) in [7, 11) is 0. The summed E-state index contributed by atoms with van der Waals surface area (Å²) in [5, 5.41) is 3.16. The fraction of sp³-hybridized carbons (Fsp3) is 0.545. The predicted octanol–water partition coefficient (Wildman–Crippen LogP) is 1.29. The summed E-state index contributed by atoms with van der Waals surface area (Å²) in [5.74, 6) is 0. The largest absolute Gasteiger partial charge is 0.314 e. The summed E-state index contributed by atoms with van der Waals surface area (Å²) in [6, 6.07) is 2.53. The molecule has 2 heterocycles. The van der Waals surface area contributed by atoms with Crippen LogP contribution in [0.25, 0.3) is 0 Å².